The highest BCUT2D eigenvalue weighted by Crippen LogP contribution is 2.22. The first-order chi connectivity index (χ1) is 13.7. The number of esters is 1. The second-order valence-electron chi connectivity index (χ2n) is 6.46. The number of fused-ring (bicyclic) bond motifs is 1. The molecule has 0 radical (unpaired) electrons. The molecule has 0 aliphatic heterocycles. The lowest BCUT2D eigenvalue weighted by Gasteiger charge is -2.10. The van der Waals surface area contributed by atoms with Crippen molar-refractivity contribution < 1.29 is 14.3 Å². The van der Waals surface area contributed by atoms with Gasteiger partial charge in [0.2, 0.25) is 0 Å². The first-order valence-corrected chi connectivity index (χ1v) is 9.08. The van der Waals surface area contributed by atoms with Gasteiger partial charge in [0.1, 0.15) is 30.5 Å². The summed E-state index contributed by atoms with van der Waals surface area (Å²) in [6.45, 7) is 2.21. The first-order valence-electron chi connectivity index (χ1n) is 9.08. The van der Waals surface area contributed by atoms with Crippen LogP contribution in [0.15, 0.2) is 78.9 Å². The van der Waals surface area contributed by atoms with E-state index in [0.717, 1.165) is 28.2 Å². The van der Waals surface area contributed by atoms with Crippen LogP contribution < -0.4 is 4.74 Å². The minimum Gasteiger partial charge on any atom is -0.459 e. The zero-order chi connectivity index (χ0) is 19.3. The van der Waals surface area contributed by atoms with E-state index < -0.39 is 0 Å². The molecule has 0 saturated heterocycles. The van der Waals surface area contributed by atoms with Crippen molar-refractivity contribution in [2.75, 3.05) is 0 Å². The largest absolute Gasteiger partial charge is 0.459 e. The third-order valence-electron chi connectivity index (χ3n) is 4.41. The normalized spacial score (nSPS) is 10.8. The van der Waals surface area contributed by atoms with Gasteiger partial charge in [0.15, 0.2) is 0 Å². The van der Waals surface area contributed by atoms with E-state index in [1.54, 1.807) is 0 Å². The van der Waals surface area contributed by atoms with Crippen LogP contribution in [0.1, 0.15) is 11.4 Å². The molecule has 0 fully saturated rings. The first kappa shape index (κ1) is 17.8. The molecule has 0 unspecified atom stereocenters. The summed E-state index contributed by atoms with van der Waals surface area (Å²) in [6.07, 6.45) is 0. The van der Waals surface area contributed by atoms with Crippen LogP contribution >= 0.6 is 0 Å². The Balaban J connectivity index is 1.39. The van der Waals surface area contributed by atoms with Crippen molar-refractivity contribution in [1.82, 2.24) is 9.55 Å². The van der Waals surface area contributed by atoms with Gasteiger partial charge in [0.25, 0.3) is 0 Å². The number of carbonyl (C=O) groups is 1. The van der Waals surface area contributed by atoms with Crippen molar-refractivity contribution in [3.63, 3.8) is 0 Å². The van der Waals surface area contributed by atoms with Gasteiger partial charge in [0, 0.05) is 0 Å². The maximum atomic E-state index is 12.4. The van der Waals surface area contributed by atoms with Gasteiger partial charge in [-0.25, -0.2) is 4.98 Å². The number of carbonyl (C=O) groups excluding carboxylic acids is 1. The number of aryl methyl sites for hydroxylation is 1. The van der Waals surface area contributed by atoms with Gasteiger partial charge in [-0.1, -0.05) is 42.5 Å². The third kappa shape index (κ3) is 4.04. The average molecular weight is 372 g/mol. The van der Waals surface area contributed by atoms with Gasteiger partial charge < -0.3 is 14.0 Å². The molecular formula is C23H20N2O3. The number of aromatic nitrogens is 2. The van der Waals surface area contributed by atoms with E-state index >= 15 is 0 Å². The Morgan fingerprint density at radius 1 is 0.929 bits per heavy atom. The second-order valence-corrected chi connectivity index (χ2v) is 6.46. The molecule has 0 saturated carbocycles. The Labute approximate surface area is 163 Å². The van der Waals surface area contributed by atoms with E-state index in [1.807, 2.05) is 90.4 Å². The maximum absolute atomic E-state index is 12.4. The molecule has 5 nitrogen and oxygen atoms in total. The van der Waals surface area contributed by atoms with Crippen LogP contribution in [0.2, 0.25) is 0 Å². The van der Waals surface area contributed by atoms with E-state index in [4.69, 9.17) is 9.47 Å². The number of imidazole rings is 1. The summed E-state index contributed by atoms with van der Waals surface area (Å²) < 4.78 is 13.2. The van der Waals surface area contributed by atoms with E-state index in [9.17, 15) is 4.79 Å². The maximum Gasteiger partial charge on any atom is 0.326 e. The Morgan fingerprint density at radius 2 is 1.68 bits per heavy atom. The van der Waals surface area contributed by atoms with Crippen LogP contribution in [-0.2, 0) is 22.7 Å². The van der Waals surface area contributed by atoms with Crippen LogP contribution in [-0.4, -0.2) is 15.5 Å². The van der Waals surface area contributed by atoms with E-state index in [0.29, 0.717) is 5.75 Å². The van der Waals surface area contributed by atoms with Crippen LogP contribution in [0, 0.1) is 6.92 Å². The standard InChI is InChI=1S/C23H20N2O3/c1-17-24-21-12-5-6-13-22(21)25(17)15-23(26)27-16-18-8-7-11-20(14-18)28-19-9-3-2-4-10-19/h2-14H,15-16H2,1H3. The van der Waals surface area contributed by atoms with Crippen molar-refractivity contribution in [3.05, 3.63) is 90.3 Å². The van der Waals surface area contributed by atoms with E-state index in [-0.39, 0.29) is 19.1 Å². The van der Waals surface area contributed by atoms with Crippen LogP contribution in [0.4, 0.5) is 0 Å². The molecule has 0 aliphatic rings. The summed E-state index contributed by atoms with van der Waals surface area (Å²) in [5.74, 6) is 1.95. The van der Waals surface area contributed by atoms with Gasteiger partial charge in [0.05, 0.1) is 11.0 Å². The summed E-state index contributed by atoms with van der Waals surface area (Å²) in [7, 11) is 0. The van der Waals surface area contributed by atoms with Gasteiger partial charge in [-0.15, -0.1) is 0 Å². The topological polar surface area (TPSA) is 53.4 Å². The molecule has 0 N–H and O–H groups in total. The summed E-state index contributed by atoms with van der Waals surface area (Å²) in [5.41, 5.74) is 2.67. The fraction of sp³-hybridized carbons (Fsp3) is 0.130. The number of hydrogen-bond donors (Lipinski definition) is 0. The monoisotopic (exact) mass is 372 g/mol. The quantitative estimate of drug-likeness (QED) is 0.453. The van der Waals surface area contributed by atoms with Gasteiger partial charge in [-0.3, -0.25) is 4.79 Å². The van der Waals surface area contributed by atoms with Crippen LogP contribution in [0.25, 0.3) is 11.0 Å². The molecule has 0 bridgehead atoms. The van der Waals surface area contributed by atoms with Crippen molar-refractivity contribution >= 4 is 17.0 Å². The molecule has 28 heavy (non-hydrogen) atoms. The van der Waals surface area contributed by atoms with Crippen molar-refractivity contribution in [2.45, 2.75) is 20.1 Å². The van der Waals surface area contributed by atoms with Crippen LogP contribution in [0.3, 0.4) is 0 Å². The number of benzene rings is 3. The third-order valence-corrected chi connectivity index (χ3v) is 4.41. The molecule has 5 heteroatoms. The fourth-order valence-corrected chi connectivity index (χ4v) is 3.06. The lowest BCUT2D eigenvalue weighted by molar-refractivity contribution is -0.145. The highest BCUT2D eigenvalue weighted by atomic mass is 16.5. The summed E-state index contributed by atoms with van der Waals surface area (Å²) >= 11 is 0. The molecule has 1 heterocycles. The zero-order valence-electron chi connectivity index (χ0n) is 15.5. The summed E-state index contributed by atoms with van der Waals surface area (Å²) in [6, 6.07) is 24.9. The van der Waals surface area contributed by atoms with Gasteiger partial charge >= 0.3 is 5.97 Å². The second kappa shape index (κ2) is 7.96. The Kier molecular flexibility index (Phi) is 5.06. The van der Waals surface area contributed by atoms with Crippen molar-refractivity contribution in [1.29, 1.82) is 0 Å². The molecule has 3 aromatic carbocycles. The molecule has 0 spiro atoms. The van der Waals surface area contributed by atoms with Crippen molar-refractivity contribution in [3.8, 4) is 11.5 Å². The molecule has 4 aromatic rings. The Hall–Kier alpha value is -3.60. The molecule has 0 aliphatic carbocycles. The predicted molar refractivity (Wildman–Crippen MR) is 107 cm³/mol. The highest BCUT2D eigenvalue weighted by Gasteiger charge is 2.12. The summed E-state index contributed by atoms with van der Waals surface area (Å²) in [5, 5.41) is 0. The number of nitrogens with zero attached hydrogens (tertiary/aromatic N) is 2. The molecule has 140 valence electrons. The van der Waals surface area contributed by atoms with Crippen LogP contribution in [0.5, 0.6) is 11.5 Å². The zero-order valence-corrected chi connectivity index (χ0v) is 15.5. The van der Waals surface area contributed by atoms with Gasteiger partial charge in [-0.2, -0.15) is 0 Å². The molecule has 4 rings (SSSR count). The summed E-state index contributed by atoms with van der Waals surface area (Å²) in [4.78, 5) is 16.8. The number of ether oxygens (including phenoxy) is 2. The molecule has 0 atom stereocenters. The minimum absolute atomic E-state index is 0.132. The molecular weight excluding hydrogens is 352 g/mol. The van der Waals surface area contributed by atoms with E-state index in [1.165, 1.54) is 0 Å². The van der Waals surface area contributed by atoms with E-state index in [2.05, 4.69) is 4.98 Å². The SMILES string of the molecule is Cc1nc2ccccc2n1CC(=O)OCc1cccc(Oc2ccccc2)c1. The average Bonchev–Trinajstić information content (AvgIpc) is 3.03. The fourth-order valence-electron chi connectivity index (χ4n) is 3.06. The Bertz CT molecular complexity index is 1100. The number of hydrogen-bond acceptors (Lipinski definition) is 4. The molecule has 0 amide bonds. The number of rotatable bonds is 6. The highest BCUT2D eigenvalue weighted by molar-refractivity contribution is 5.78. The smallest absolute Gasteiger partial charge is 0.326 e. The number of para-hydroxylation sites is 3. The minimum atomic E-state index is -0.305. The lowest BCUT2D eigenvalue weighted by atomic mass is 10.2. The Morgan fingerprint density at radius 3 is 2.54 bits per heavy atom. The predicted octanol–water partition coefficient (Wildman–Crippen LogP) is 4.88. The van der Waals surface area contributed by atoms with Crippen molar-refractivity contribution in [2.24, 2.45) is 0 Å². The van der Waals surface area contributed by atoms with Gasteiger partial charge in [-0.05, 0) is 48.9 Å². The molecule has 1 aromatic heterocycles. The lowest BCUT2D eigenvalue weighted by Crippen LogP contribution is -2.14.